The fourth-order valence-electron chi connectivity index (χ4n) is 3.72. The molecule has 2 heterocycles. The van der Waals surface area contributed by atoms with E-state index in [1.807, 2.05) is 11.0 Å². The van der Waals surface area contributed by atoms with Gasteiger partial charge in [0.1, 0.15) is 11.4 Å². The summed E-state index contributed by atoms with van der Waals surface area (Å²) in [5, 5.41) is 12.4. The van der Waals surface area contributed by atoms with E-state index in [4.69, 9.17) is 4.74 Å². The topological polar surface area (TPSA) is 118 Å². The standard InChI is InChI=1S/C25H27BrN6O4/c1-25(2,3)36-23(34)15-6-5-7-18(11-15)28-22(33)16-10-17(26)13-19(12-16)31-8-9-32-21(31)14-20(30-32)29-24(35)27-4/h5-7,10-14H,8-9H2,1-4H3,(H,28,33)(H2,27,29,30,35). The largest absolute Gasteiger partial charge is 0.456 e. The monoisotopic (exact) mass is 554 g/mol. The van der Waals surface area contributed by atoms with Gasteiger partial charge in [0.2, 0.25) is 0 Å². The van der Waals surface area contributed by atoms with Crippen LogP contribution in [0.3, 0.4) is 0 Å². The Bertz CT molecular complexity index is 1330. The van der Waals surface area contributed by atoms with Crippen LogP contribution in [0.15, 0.2) is 53.0 Å². The quantitative estimate of drug-likeness (QED) is 0.391. The number of rotatable bonds is 5. The van der Waals surface area contributed by atoms with Gasteiger partial charge in [-0.05, 0) is 57.2 Å². The van der Waals surface area contributed by atoms with Crippen LogP contribution >= 0.6 is 15.9 Å². The van der Waals surface area contributed by atoms with Crippen LogP contribution in [0.2, 0.25) is 0 Å². The second-order valence-electron chi connectivity index (χ2n) is 9.20. The zero-order valence-electron chi connectivity index (χ0n) is 20.4. The molecule has 11 heteroatoms. The highest BCUT2D eigenvalue weighted by atomic mass is 79.9. The lowest BCUT2D eigenvalue weighted by Gasteiger charge is -2.20. The number of amides is 3. The van der Waals surface area contributed by atoms with Gasteiger partial charge in [-0.25, -0.2) is 14.3 Å². The normalized spacial score (nSPS) is 12.6. The zero-order valence-corrected chi connectivity index (χ0v) is 22.0. The van der Waals surface area contributed by atoms with E-state index in [0.717, 1.165) is 16.0 Å². The first-order valence-corrected chi connectivity index (χ1v) is 12.1. The summed E-state index contributed by atoms with van der Waals surface area (Å²) in [4.78, 5) is 39.2. The van der Waals surface area contributed by atoms with Crippen molar-refractivity contribution >= 4 is 56.8 Å². The van der Waals surface area contributed by atoms with E-state index in [2.05, 4.69) is 37.0 Å². The maximum absolute atomic E-state index is 13.1. The average molecular weight is 555 g/mol. The van der Waals surface area contributed by atoms with E-state index in [1.165, 1.54) is 7.05 Å². The number of esters is 1. The lowest BCUT2D eigenvalue weighted by atomic mass is 10.1. The van der Waals surface area contributed by atoms with Gasteiger partial charge in [-0.2, -0.15) is 5.10 Å². The molecule has 3 aromatic rings. The van der Waals surface area contributed by atoms with Gasteiger partial charge in [-0.3, -0.25) is 10.1 Å². The van der Waals surface area contributed by atoms with Crippen LogP contribution in [0.1, 0.15) is 41.5 Å². The summed E-state index contributed by atoms with van der Waals surface area (Å²) in [6, 6.07) is 13.5. The molecule has 0 unspecified atom stereocenters. The van der Waals surface area contributed by atoms with Crippen LogP contribution in [0, 0.1) is 0 Å². The summed E-state index contributed by atoms with van der Waals surface area (Å²) in [6.07, 6.45) is 0. The Morgan fingerprint density at radius 3 is 2.50 bits per heavy atom. The van der Waals surface area contributed by atoms with Crippen molar-refractivity contribution < 1.29 is 19.1 Å². The van der Waals surface area contributed by atoms with E-state index in [9.17, 15) is 14.4 Å². The van der Waals surface area contributed by atoms with Crippen LogP contribution in [-0.2, 0) is 11.3 Å². The second-order valence-corrected chi connectivity index (χ2v) is 10.1. The Labute approximate surface area is 217 Å². The molecule has 188 valence electrons. The molecule has 0 fully saturated rings. The summed E-state index contributed by atoms with van der Waals surface area (Å²) < 4.78 is 7.95. The fraction of sp³-hybridized carbons (Fsp3) is 0.280. The minimum Gasteiger partial charge on any atom is -0.456 e. The molecule has 36 heavy (non-hydrogen) atoms. The summed E-state index contributed by atoms with van der Waals surface area (Å²) in [7, 11) is 1.53. The predicted molar refractivity (Wildman–Crippen MR) is 141 cm³/mol. The van der Waals surface area contributed by atoms with Crippen molar-refractivity contribution in [2.45, 2.75) is 32.9 Å². The summed E-state index contributed by atoms with van der Waals surface area (Å²) in [5.74, 6) is 0.454. The van der Waals surface area contributed by atoms with Gasteiger partial charge in [0.25, 0.3) is 5.91 Å². The smallest absolute Gasteiger partial charge is 0.338 e. The third-order valence-electron chi connectivity index (χ3n) is 5.25. The van der Waals surface area contributed by atoms with Crippen molar-refractivity contribution in [2.75, 3.05) is 29.1 Å². The van der Waals surface area contributed by atoms with Crippen molar-refractivity contribution in [3.05, 3.63) is 64.1 Å². The van der Waals surface area contributed by atoms with E-state index < -0.39 is 11.6 Å². The molecule has 0 radical (unpaired) electrons. The van der Waals surface area contributed by atoms with Gasteiger partial charge in [0, 0.05) is 41.1 Å². The lowest BCUT2D eigenvalue weighted by molar-refractivity contribution is 0.00693. The van der Waals surface area contributed by atoms with Gasteiger partial charge >= 0.3 is 12.0 Å². The third kappa shape index (κ3) is 5.85. The molecule has 1 aliphatic rings. The molecule has 0 saturated heterocycles. The second kappa shape index (κ2) is 10.0. The molecule has 4 rings (SSSR count). The molecule has 3 amide bonds. The predicted octanol–water partition coefficient (Wildman–Crippen LogP) is 4.76. The molecular weight excluding hydrogens is 528 g/mol. The van der Waals surface area contributed by atoms with E-state index >= 15 is 0 Å². The minimum absolute atomic E-state index is 0.325. The minimum atomic E-state index is -0.618. The molecule has 1 aliphatic heterocycles. The first kappa shape index (κ1) is 25.2. The molecule has 0 saturated carbocycles. The summed E-state index contributed by atoms with van der Waals surface area (Å²) >= 11 is 3.50. The number of hydrogen-bond acceptors (Lipinski definition) is 6. The Kier molecular flexibility index (Phi) is 7.02. The number of carbonyl (C=O) groups is 3. The molecule has 3 N–H and O–H groups in total. The Morgan fingerprint density at radius 1 is 1.00 bits per heavy atom. The number of halogens is 1. The van der Waals surface area contributed by atoms with Crippen LogP contribution in [-0.4, -0.2) is 46.9 Å². The first-order valence-electron chi connectivity index (χ1n) is 11.3. The molecule has 0 bridgehead atoms. The highest BCUT2D eigenvalue weighted by Crippen LogP contribution is 2.34. The molecule has 1 aromatic heterocycles. The zero-order chi connectivity index (χ0) is 26.0. The average Bonchev–Trinajstić information content (AvgIpc) is 3.37. The number of nitrogens with zero attached hydrogens (tertiary/aromatic N) is 3. The van der Waals surface area contributed by atoms with Crippen molar-refractivity contribution in [2.24, 2.45) is 0 Å². The molecule has 0 spiro atoms. The molecule has 0 atom stereocenters. The maximum Gasteiger partial charge on any atom is 0.338 e. The van der Waals surface area contributed by atoms with Crippen LogP contribution < -0.4 is 20.9 Å². The number of benzene rings is 2. The van der Waals surface area contributed by atoms with Crippen LogP contribution in [0.25, 0.3) is 0 Å². The summed E-state index contributed by atoms with van der Waals surface area (Å²) in [5.41, 5.74) is 1.44. The van der Waals surface area contributed by atoms with E-state index in [1.54, 1.807) is 67.9 Å². The Morgan fingerprint density at radius 2 is 1.78 bits per heavy atom. The highest BCUT2D eigenvalue weighted by molar-refractivity contribution is 9.10. The number of urea groups is 1. The molecular formula is C25H27BrN6O4. The Hall–Kier alpha value is -3.86. The third-order valence-corrected chi connectivity index (χ3v) is 5.71. The van der Waals surface area contributed by atoms with Gasteiger partial charge in [0.05, 0.1) is 12.1 Å². The van der Waals surface area contributed by atoms with E-state index in [0.29, 0.717) is 35.7 Å². The fourth-order valence-corrected chi connectivity index (χ4v) is 4.21. The number of aromatic nitrogens is 2. The van der Waals surface area contributed by atoms with Gasteiger partial charge in [-0.15, -0.1) is 0 Å². The number of fused-ring (bicyclic) bond motifs is 1. The van der Waals surface area contributed by atoms with Crippen molar-refractivity contribution in [1.82, 2.24) is 15.1 Å². The highest BCUT2D eigenvalue weighted by Gasteiger charge is 2.25. The molecule has 10 nitrogen and oxygen atoms in total. The molecule has 0 aliphatic carbocycles. The maximum atomic E-state index is 13.1. The molecule has 2 aromatic carbocycles. The first-order chi connectivity index (χ1) is 17.0. The van der Waals surface area contributed by atoms with Gasteiger partial charge in [-0.1, -0.05) is 22.0 Å². The van der Waals surface area contributed by atoms with E-state index in [-0.39, 0.29) is 11.9 Å². The summed E-state index contributed by atoms with van der Waals surface area (Å²) in [6.45, 7) is 6.70. The lowest BCUT2D eigenvalue weighted by Crippen LogP contribution is -2.24. The number of anilines is 4. The number of hydrogen-bond donors (Lipinski definition) is 3. The Balaban J connectivity index is 1.53. The van der Waals surface area contributed by atoms with Crippen LogP contribution in [0.4, 0.5) is 27.8 Å². The number of carbonyl (C=O) groups excluding carboxylic acids is 3. The van der Waals surface area contributed by atoms with Crippen molar-refractivity contribution in [3.8, 4) is 0 Å². The number of ether oxygens (including phenoxy) is 1. The van der Waals surface area contributed by atoms with Gasteiger partial charge in [0.15, 0.2) is 5.82 Å². The van der Waals surface area contributed by atoms with Crippen LogP contribution in [0.5, 0.6) is 0 Å². The SMILES string of the molecule is CNC(=O)Nc1cc2n(n1)CCN2c1cc(Br)cc(C(=O)Nc2cccc(C(=O)OC(C)(C)C)c2)c1. The van der Waals surface area contributed by atoms with Crippen molar-refractivity contribution in [3.63, 3.8) is 0 Å². The van der Waals surface area contributed by atoms with Crippen molar-refractivity contribution in [1.29, 1.82) is 0 Å². The number of nitrogens with one attached hydrogen (secondary N) is 3. The van der Waals surface area contributed by atoms with Gasteiger partial charge < -0.3 is 20.3 Å².